The van der Waals surface area contributed by atoms with Gasteiger partial charge in [0.15, 0.2) is 6.10 Å². The van der Waals surface area contributed by atoms with Crippen LogP contribution in [0.1, 0.15) is 24.0 Å². The molecule has 2 aromatic heterocycles. The number of nitrogens with one attached hydrogen (secondary N) is 1. The van der Waals surface area contributed by atoms with Crippen LogP contribution in [-0.4, -0.2) is 17.8 Å². The third-order valence-corrected chi connectivity index (χ3v) is 4.90. The van der Waals surface area contributed by atoms with Crippen LogP contribution < -0.4 is 4.74 Å². The zero-order valence-corrected chi connectivity index (χ0v) is 14.8. The fourth-order valence-corrected chi connectivity index (χ4v) is 3.63. The second-order valence-corrected chi connectivity index (χ2v) is 6.48. The summed E-state index contributed by atoms with van der Waals surface area (Å²) in [4.78, 5) is 9.17. The Kier molecular flexibility index (Phi) is 3.71. The van der Waals surface area contributed by atoms with Crippen molar-refractivity contribution in [2.75, 3.05) is 7.11 Å². The summed E-state index contributed by atoms with van der Waals surface area (Å²) in [6.07, 6.45) is 2.09. The third kappa shape index (κ3) is 2.59. The lowest BCUT2D eigenvalue weighted by Gasteiger charge is -2.05. The number of hydrogen-bond acceptors (Lipinski definition) is 4. The Bertz CT molecular complexity index is 1110. The summed E-state index contributed by atoms with van der Waals surface area (Å²) in [6.45, 7) is 0. The average molecular weight is 358 g/mol. The summed E-state index contributed by atoms with van der Waals surface area (Å²) in [5.74, 6) is 1.58. The van der Waals surface area contributed by atoms with E-state index >= 15 is 0 Å². The van der Waals surface area contributed by atoms with E-state index in [1.54, 1.807) is 13.4 Å². The Morgan fingerprint density at radius 3 is 2.70 bits per heavy atom. The second kappa shape index (κ2) is 6.36. The van der Waals surface area contributed by atoms with Crippen molar-refractivity contribution in [3.8, 4) is 16.9 Å². The topological polar surface area (TPSA) is 59.8 Å². The fourth-order valence-electron chi connectivity index (χ4n) is 3.63. The van der Waals surface area contributed by atoms with Gasteiger partial charge in [0.05, 0.1) is 24.6 Å². The summed E-state index contributed by atoms with van der Waals surface area (Å²) in [5, 5.41) is 5.46. The van der Waals surface area contributed by atoms with Gasteiger partial charge in [-0.05, 0) is 23.8 Å². The van der Waals surface area contributed by atoms with E-state index in [1.165, 1.54) is 0 Å². The molecule has 2 aromatic carbocycles. The number of aromatic amines is 1. The van der Waals surface area contributed by atoms with Crippen molar-refractivity contribution in [1.29, 1.82) is 0 Å². The van der Waals surface area contributed by atoms with Gasteiger partial charge < -0.3 is 19.0 Å². The molecule has 5 nitrogen and oxygen atoms in total. The number of ether oxygens (including phenoxy) is 1. The van der Waals surface area contributed by atoms with E-state index in [1.807, 2.05) is 42.5 Å². The second-order valence-electron chi connectivity index (χ2n) is 6.48. The van der Waals surface area contributed by atoms with Crippen LogP contribution in [0, 0.1) is 0 Å². The molecule has 0 saturated carbocycles. The molecule has 0 fully saturated rings. The van der Waals surface area contributed by atoms with Gasteiger partial charge in [0, 0.05) is 17.4 Å². The van der Waals surface area contributed by atoms with Crippen LogP contribution in [0.5, 0.6) is 5.75 Å². The smallest absolute Gasteiger partial charge is 0.190 e. The molecule has 0 aliphatic carbocycles. The number of fused-ring (bicyclic) bond motifs is 1. The van der Waals surface area contributed by atoms with Gasteiger partial charge in [0.1, 0.15) is 17.2 Å². The number of rotatable bonds is 4. The van der Waals surface area contributed by atoms with Crippen molar-refractivity contribution in [2.45, 2.75) is 12.5 Å². The van der Waals surface area contributed by atoms with Crippen molar-refractivity contribution in [2.24, 2.45) is 5.16 Å². The maximum absolute atomic E-state index is 5.65. The average Bonchev–Trinajstić information content (AvgIpc) is 3.46. The van der Waals surface area contributed by atoms with Gasteiger partial charge in [-0.15, -0.1) is 0 Å². The summed E-state index contributed by atoms with van der Waals surface area (Å²) in [5.41, 5.74) is 5.00. The molecule has 1 unspecified atom stereocenters. The van der Waals surface area contributed by atoms with Crippen molar-refractivity contribution >= 4 is 16.6 Å². The highest BCUT2D eigenvalue weighted by Crippen LogP contribution is 2.39. The molecule has 0 saturated heterocycles. The molecule has 3 heterocycles. The molecule has 1 atom stereocenters. The normalized spacial score (nSPS) is 16.3. The predicted molar refractivity (Wildman–Crippen MR) is 104 cm³/mol. The third-order valence-electron chi connectivity index (χ3n) is 4.90. The van der Waals surface area contributed by atoms with Crippen molar-refractivity contribution in [1.82, 2.24) is 4.98 Å². The van der Waals surface area contributed by atoms with Gasteiger partial charge in [-0.3, -0.25) is 0 Å². The van der Waals surface area contributed by atoms with Crippen LogP contribution in [0.2, 0.25) is 0 Å². The summed E-state index contributed by atoms with van der Waals surface area (Å²) in [7, 11) is 1.68. The standard InChI is InChI=1S/C22H18N2O3/c1-25-18-10-5-9-15-20(14-7-3-2-4-8-14)22(23-21(15)18)16-13-19(27-24-16)17-11-6-12-26-17/h2-12,19,23H,13H2,1H3. The highest BCUT2D eigenvalue weighted by atomic mass is 16.6. The van der Waals surface area contributed by atoms with Crippen LogP contribution >= 0.6 is 0 Å². The molecular weight excluding hydrogens is 340 g/mol. The molecule has 134 valence electrons. The van der Waals surface area contributed by atoms with Crippen LogP contribution in [-0.2, 0) is 4.84 Å². The maximum atomic E-state index is 5.65. The summed E-state index contributed by atoms with van der Waals surface area (Å²) in [6, 6.07) is 20.1. The van der Waals surface area contributed by atoms with Crippen molar-refractivity contribution < 1.29 is 14.0 Å². The van der Waals surface area contributed by atoms with Crippen LogP contribution in [0.25, 0.3) is 22.0 Å². The molecular formula is C22H18N2O3. The van der Waals surface area contributed by atoms with Gasteiger partial charge in [-0.1, -0.05) is 47.6 Å². The minimum atomic E-state index is -0.202. The Morgan fingerprint density at radius 1 is 1.04 bits per heavy atom. The fraction of sp³-hybridized carbons (Fsp3) is 0.136. The number of methoxy groups -OCH3 is 1. The number of hydrogen-bond donors (Lipinski definition) is 1. The molecule has 1 N–H and O–H groups in total. The number of H-pyrrole nitrogens is 1. The first-order valence-corrected chi connectivity index (χ1v) is 8.85. The first kappa shape index (κ1) is 15.8. The lowest BCUT2D eigenvalue weighted by Crippen LogP contribution is -2.02. The highest BCUT2D eigenvalue weighted by Gasteiger charge is 2.29. The van der Waals surface area contributed by atoms with E-state index < -0.39 is 0 Å². The quantitative estimate of drug-likeness (QED) is 0.538. The number of benzene rings is 2. The molecule has 5 rings (SSSR count). The molecule has 0 bridgehead atoms. The van der Waals surface area contributed by atoms with Crippen LogP contribution in [0.3, 0.4) is 0 Å². The van der Waals surface area contributed by atoms with E-state index in [0.717, 1.165) is 44.9 Å². The predicted octanol–water partition coefficient (Wildman–Crippen LogP) is 5.30. The zero-order valence-electron chi connectivity index (χ0n) is 14.8. The Morgan fingerprint density at radius 2 is 1.93 bits per heavy atom. The lowest BCUT2D eigenvalue weighted by atomic mass is 9.98. The first-order valence-electron chi connectivity index (χ1n) is 8.85. The molecule has 4 aromatic rings. The Balaban J connectivity index is 1.66. The SMILES string of the molecule is COc1cccc2c(-c3ccccc3)c(C3=NOC(c4ccco4)C3)[nH]c12. The van der Waals surface area contributed by atoms with E-state index in [0.29, 0.717) is 6.42 Å². The molecule has 5 heteroatoms. The first-order chi connectivity index (χ1) is 13.3. The van der Waals surface area contributed by atoms with Gasteiger partial charge in [0.25, 0.3) is 0 Å². The number of nitrogens with zero attached hydrogens (tertiary/aromatic N) is 1. The molecule has 0 spiro atoms. The number of oxime groups is 1. The number of para-hydroxylation sites is 1. The Labute approximate surface area is 156 Å². The van der Waals surface area contributed by atoms with Gasteiger partial charge in [0.2, 0.25) is 0 Å². The molecule has 0 radical (unpaired) electrons. The summed E-state index contributed by atoms with van der Waals surface area (Å²) >= 11 is 0. The largest absolute Gasteiger partial charge is 0.495 e. The van der Waals surface area contributed by atoms with E-state index in [2.05, 4.69) is 28.3 Å². The maximum Gasteiger partial charge on any atom is 0.190 e. The molecule has 0 amide bonds. The van der Waals surface area contributed by atoms with E-state index in [4.69, 9.17) is 14.0 Å². The monoisotopic (exact) mass is 358 g/mol. The number of aromatic nitrogens is 1. The van der Waals surface area contributed by atoms with Crippen LogP contribution in [0.4, 0.5) is 0 Å². The molecule has 27 heavy (non-hydrogen) atoms. The minimum Gasteiger partial charge on any atom is -0.495 e. The van der Waals surface area contributed by atoms with Crippen molar-refractivity contribution in [3.63, 3.8) is 0 Å². The zero-order chi connectivity index (χ0) is 18.2. The van der Waals surface area contributed by atoms with Gasteiger partial charge in [-0.25, -0.2) is 0 Å². The van der Waals surface area contributed by atoms with E-state index in [-0.39, 0.29) is 6.10 Å². The van der Waals surface area contributed by atoms with Crippen LogP contribution in [0.15, 0.2) is 76.5 Å². The van der Waals surface area contributed by atoms with Gasteiger partial charge in [-0.2, -0.15) is 0 Å². The molecule has 1 aliphatic rings. The lowest BCUT2D eigenvalue weighted by molar-refractivity contribution is 0.0689. The van der Waals surface area contributed by atoms with Crippen molar-refractivity contribution in [3.05, 3.63) is 78.4 Å². The highest BCUT2D eigenvalue weighted by molar-refractivity contribution is 6.13. The summed E-state index contributed by atoms with van der Waals surface area (Å²) < 4.78 is 11.0. The Hall–Kier alpha value is -3.47. The minimum absolute atomic E-state index is 0.202. The van der Waals surface area contributed by atoms with Gasteiger partial charge >= 0.3 is 0 Å². The molecule has 1 aliphatic heterocycles. The number of furan rings is 1. The van der Waals surface area contributed by atoms with E-state index in [9.17, 15) is 0 Å².